The lowest BCUT2D eigenvalue weighted by atomic mass is 9.97. The number of carbonyl (C=O) groups is 2. The van der Waals surface area contributed by atoms with Crippen LogP contribution < -0.4 is 10.2 Å². The molecule has 4 rings (SSSR count). The van der Waals surface area contributed by atoms with Crippen molar-refractivity contribution in [3.8, 4) is 0 Å². The number of benzene rings is 2. The van der Waals surface area contributed by atoms with Gasteiger partial charge in [0.1, 0.15) is 12.0 Å². The van der Waals surface area contributed by atoms with E-state index in [1.807, 2.05) is 11.9 Å². The molecule has 1 fully saturated rings. The van der Waals surface area contributed by atoms with Crippen molar-refractivity contribution in [2.45, 2.75) is 25.4 Å². The topological polar surface area (TPSA) is 52.7 Å². The molecule has 1 unspecified atom stereocenters. The smallest absolute Gasteiger partial charge is 0.257 e. The highest BCUT2D eigenvalue weighted by atomic mass is 35.5. The van der Waals surface area contributed by atoms with Crippen molar-refractivity contribution in [3.05, 3.63) is 58.4 Å². The first-order valence-electron chi connectivity index (χ1n) is 8.90. The van der Waals surface area contributed by atoms with Crippen molar-refractivity contribution in [2.75, 3.05) is 23.8 Å². The largest absolute Gasteiger partial charge is 0.354 e. The molecule has 140 valence electrons. The second-order valence-corrected chi connectivity index (χ2v) is 7.31. The summed E-state index contributed by atoms with van der Waals surface area (Å²) in [5.41, 5.74) is 2.08. The number of anilines is 2. The van der Waals surface area contributed by atoms with Gasteiger partial charge in [-0.3, -0.25) is 9.59 Å². The van der Waals surface area contributed by atoms with Gasteiger partial charge in [-0.1, -0.05) is 11.6 Å². The summed E-state index contributed by atoms with van der Waals surface area (Å²) in [6.07, 6.45) is 3.05. The van der Waals surface area contributed by atoms with Gasteiger partial charge >= 0.3 is 0 Å². The van der Waals surface area contributed by atoms with Gasteiger partial charge in [-0.15, -0.1) is 0 Å². The molecule has 1 atom stereocenters. The minimum atomic E-state index is -0.595. The highest BCUT2D eigenvalue weighted by Gasteiger charge is 2.37. The molecule has 27 heavy (non-hydrogen) atoms. The molecule has 2 aliphatic heterocycles. The molecular weight excluding hydrogens is 369 g/mol. The Labute approximate surface area is 161 Å². The minimum Gasteiger partial charge on any atom is -0.354 e. The monoisotopic (exact) mass is 387 g/mol. The molecular formula is C20H19ClFN3O2. The highest BCUT2D eigenvalue weighted by Crippen LogP contribution is 2.35. The number of rotatable bonds is 2. The molecule has 0 aromatic heterocycles. The molecule has 2 amide bonds. The number of nitrogens with one attached hydrogen (secondary N) is 1. The average Bonchev–Trinajstić information content (AvgIpc) is 2.68. The fourth-order valence-corrected chi connectivity index (χ4v) is 3.91. The summed E-state index contributed by atoms with van der Waals surface area (Å²) in [4.78, 5) is 29.3. The van der Waals surface area contributed by atoms with Gasteiger partial charge in [-0.25, -0.2) is 4.39 Å². The van der Waals surface area contributed by atoms with Crippen LogP contribution in [-0.4, -0.2) is 36.5 Å². The van der Waals surface area contributed by atoms with Crippen LogP contribution in [0.4, 0.5) is 15.8 Å². The molecule has 0 spiro atoms. The molecule has 1 saturated heterocycles. The Hall–Kier alpha value is -2.60. The van der Waals surface area contributed by atoms with Crippen molar-refractivity contribution in [1.29, 1.82) is 0 Å². The second-order valence-electron chi connectivity index (χ2n) is 6.90. The Balaban J connectivity index is 1.62. The molecule has 1 N–H and O–H groups in total. The molecule has 2 aromatic carbocycles. The van der Waals surface area contributed by atoms with Gasteiger partial charge in [0.2, 0.25) is 0 Å². The zero-order chi connectivity index (χ0) is 19.1. The van der Waals surface area contributed by atoms with Crippen LogP contribution in [0.25, 0.3) is 0 Å². The Morgan fingerprint density at radius 3 is 2.81 bits per heavy atom. The second kappa shape index (κ2) is 6.85. The van der Waals surface area contributed by atoms with E-state index in [-0.39, 0.29) is 23.0 Å². The number of fused-ring (bicyclic) bond motifs is 2. The van der Waals surface area contributed by atoms with E-state index in [4.69, 9.17) is 11.6 Å². The predicted molar refractivity (Wildman–Crippen MR) is 103 cm³/mol. The van der Waals surface area contributed by atoms with Crippen LogP contribution in [0.1, 0.15) is 40.0 Å². The average molecular weight is 388 g/mol. The lowest BCUT2D eigenvalue weighted by Gasteiger charge is -2.46. The van der Waals surface area contributed by atoms with Gasteiger partial charge in [-0.05, 0) is 55.7 Å². The van der Waals surface area contributed by atoms with E-state index in [2.05, 4.69) is 10.2 Å². The van der Waals surface area contributed by atoms with Crippen molar-refractivity contribution < 1.29 is 14.0 Å². The molecule has 0 aliphatic carbocycles. The van der Waals surface area contributed by atoms with Crippen LogP contribution in [0.5, 0.6) is 0 Å². The normalized spacial score (nSPS) is 18.8. The van der Waals surface area contributed by atoms with E-state index in [0.717, 1.165) is 31.5 Å². The van der Waals surface area contributed by atoms with Crippen molar-refractivity contribution >= 4 is 34.8 Å². The molecule has 0 saturated carbocycles. The van der Waals surface area contributed by atoms with Gasteiger partial charge in [0.05, 0.1) is 16.3 Å². The summed E-state index contributed by atoms with van der Waals surface area (Å²) >= 11 is 5.67. The number of piperidine rings is 1. The predicted octanol–water partition coefficient (Wildman–Crippen LogP) is 4.13. The summed E-state index contributed by atoms with van der Waals surface area (Å²) in [5, 5.41) is 2.66. The maximum absolute atomic E-state index is 13.6. The summed E-state index contributed by atoms with van der Waals surface area (Å²) in [6.45, 7) is 0.762. The minimum absolute atomic E-state index is 0.000969. The van der Waals surface area contributed by atoms with E-state index in [9.17, 15) is 14.0 Å². The first-order valence-corrected chi connectivity index (χ1v) is 9.28. The Bertz CT molecular complexity index is 933. The summed E-state index contributed by atoms with van der Waals surface area (Å²) in [6, 6.07) is 9.14. The van der Waals surface area contributed by atoms with Gasteiger partial charge in [-0.2, -0.15) is 0 Å². The van der Waals surface area contributed by atoms with Crippen LogP contribution in [0.2, 0.25) is 5.02 Å². The number of amides is 2. The van der Waals surface area contributed by atoms with E-state index >= 15 is 0 Å². The number of nitrogens with zero attached hydrogens (tertiary/aromatic N) is 2. The number of hydrogen-bond acceptors (Lipinski definition) is 3. The molecule has 0 radical (unpaired) electrons. The molecule has 2 aromatic rings. The van der Waals surface area contributed by atoms with E-state index in [1.54, 1.807) is 18.2 Å². The molecule has 7 heteroatoms. The molecule has 2 heterocycles. The van der Waals surface area contributed by atoms with E-state index in [0.29, 0.717) is 16.8 Å². The number of halogens is 2. The van der Waals surface area contributed by atoms with E-state index in [1.165, 1.54) is 18.2 Å². The fraction of sp³-hybridized carbons (Fsp3) is 0.300. The van der Waals surface area contributed by atoms with Crippen LogP contribution in [0, 0.1) is 5.82 Å². The lowest BCUT2D eigenvalue weighted by Crippen LogP contribution is -2.55. The van der Waals surface area contributed by atoms with Crippen LogP contribution in [0.15, 0.2) is 36.4 Å². The fourth-order valence-electron chi connectivity index (χ4n) is 3.79. The maximum atomic E-state index is 13.6. The number of carbonyl (C=O) groups excluding carboxylic acids is 2. The maximum Gasteiger partial charge on any atom is 0.257 e. The Kier molecular flexibility index (Phi) is 4.52. The zero-order valence-electron chi connectivity index (χ0n) is 14.8. The van der Waals surface area contributed by atoms with Gasteiger partial charge in [0.15, 0.2) is 0 Å². The Morgan fingerprint density at radius 2 is 2.04 bits per heavy atom. The van der Waals surface area contributed by atoms with Crippen molar-refractivity contribution in [1.82, 2.24) is 4.90 Å². The molecule has 0 bridgehead atoms. The number of hydrogen-bond donors (Lipinski definition) is 1. The van der Waals surface area contributed by atoms with Crippen LogP contribution in [0.3, 0.4) is 0 Å². The summed E-state index contributed by atoms with van der Waals surface area (Å²) in [7, 11) is 1.95. The standard InChI is InChI=1S/C20H19ClFN3O2/c1-24-17-10-12(19(26)23-13-6-8-15(21)16(22)11-13)5-7-14(17)20(27)25-9-3-2-4-18(24)25/h5-8,10-11,18H,2-4,9H2,1H3,(H,23,26). The summed E-state index contributed by atoms with van der Waals surface area (Å²) in [5.74, 6) is -0.950. The van der Waals surface area contributed by atoms with Crippen molar-refractivity contribution in [3.63, 3.8) is 0 Å². The third-order valence-electron chi connectivity index (χ3n) is 5.23. The highest BCUT2D eigenvalue weighted by molar-refractivity contribution is 6.30. The zero-order valence-corrected chi connectivity index (χ0v) is 15.6. The third kappa shape index (κ3) is 3.14. The lowest BCUT2D eigenvalue weighted by molar-refractivity contribution is 0.0589. The first-order chi connectivity index (χ1) is 13.0. The third-order valence-corrected chi connectivity index (χ3v) is 5.53. The van der Waals surface area contributed by atoms with E-state index < -0.39 is 5.82 Å². The molecule has 2 aliphatic rings. The Morgan fingerprint density at radius 1 is 1.22 bits per heavy atom. The van der Waals surface area contributed by atoms with Crippen LogP contribution in [-0.2, 0) is 0 Å². The van der Waals surface area contributed by atoms with Crippen molar-refractivity contribution in [2.24, 2.45) is 0 Å². The quantitative estimate of drug-likeness (QED) is 0.842. The van der Waals surface area contributed by atoms with Gasteiger partial charge in [0, 0.05) is 24.8 Å². The SMILES string of the molecule is CN1c2cc(C(=O)Nc3ccc(Cl)c(F)c3)ccc2C(=O)N2CCCCC21. The molecule has 5 nitrogen and oxygen atoms in total. The van der Waals surface area contributed by atoms with Crippen LogP contribution >= 0.6 is 11.6 Å². The van der Waals surface area contributed by atoms with Gasteiger partial charge < -0.3 is 15.1 Å². The first kappa shape index (κ1) is 17.8. The summed E-state index contributed by atoms with van der Waals surface area (Å²) < 4.78 is 13.6. The van der Waals surface area contributed by atoms with Gasteiger partial charge in [0.25, 0.3) is 11.8 Å².